The molecule has 94 valence electrons. The number of carbonyl (C=O) groups is 1. The maximum atomic E-state index is 11.9. The fourth-order valence-corrected chi connectivity index (χ4v) is 2.14. The van der Waals surface area contributed by atoms with Crippen molar-refractivity contribution in [1.82, 2.24) is 4.90 Å². The summed E-state index contributed by atoms with van der Waals surface area (Å²) in [5, 5.41) is 0. The van der Waals surface area contributed by atoms with Crippen molar-refractivity contribution in [3.05, 3.63) is 35.9 Å². The van der Waals surface area contributed by atoms with Crippen LogP contribution in [-0.2, 0) is 10.2 Å². The molecule has 1 aromatic carbocycles. The van der Waals surface area contributed by atoms with Crippen LogP contribution in [0.2, 0.25) is 0 Å². The van der Waals surface area contributed by atoms with Crippen molar-refractivity contribution in [1.29, 1.82) is 0 Å². The average molecular weight is 234 g/mol. The van der Waals surface area contributed by atoms with E-state index in [4.69, 9.17) is 5.73 Å². The van der Waals surface area contributed by atoms with Crippen molar-refractivity contribution in [3.63, 3.8) is 0 Å². The molecule has 0 unspecified atom stereocenters. The number of hydrogen-bond acceptors (Lipinski definition) is 2. The molecule has 3 nitrogen and oxygen atoms in total. The molecule has 0 fully saturated rings. The van der Waals surface area contributed by atoms with E-state index in [1.54, 1.807) is 0 Å². The van der Waals surface area contributed by atoms with E-state index in [0.717, 1.165) is 24.9 Å². The SMILES string of the molecule is CC[C@](CCN(C)C)(C(N)=O)c1ccccc1. The molecule has 0 saturated heterocycles. The Bertz CT molecular complexity index is 362. The summed E-state index contributed by atoms with van der Waals surface area (Å²) in [7, 11) is 4.01. The maximum absolute atomic E-state index is 11.9. The fourth-order valence-electron chi connectivity index (χ4n) is 2.14. The molecular weight excluding hydrogens is 212 g/mol. The average Bonchev–Trinajstić information content (AvgIpc) is 2.31. The summed E-state index contributed by atoms with van der Waals surface area (Å²) in [5.41, 5.74) is 6.13. The molecule has 0 heterocycles. The van der Waals surface area contributed by atoms with Crippen LogP contribution in [0.25, 0.3) is 0 Å². The molecule has 0 radical (unpaired) electrons. The Kier molecular flexibility index (Phi) is 4.70. The van der Waals surface area contributed by atoms with E-state index in [1.165, 1.54) is 0 Å². The molecule has 0 aliphatic rings. The zero-order chi connectivity index (χ0) is 12.9. The molecule has 0 saturated carbocycles. The van der Waals surface area contributed by atoms with E-state index in [2.05, 4.69) is 4.90 Å². The lowest BCUT2D eigenvalue weighted by Gasteiger charge is -2.31. The van der Waals surface area contributed by atoms with Crippen molar-refractivity contribution in [2.24, 2.45) is 5.73 Å². The van der Waals surface area contributed by atoms with Gasteiger partial charge in [-0.2, -0.15) is 0 Å². The molecule has 1 amide bonds. The number of benzene rings is 1. The van der Waals surface area contributed by atoms with Crippen LogP contribution in [0.15, 0.2) is 30.3 Å². The summed E-state index contributed by atoms with van der Waals surface area (Å²) in [6, 6.07) is 9.85. The van der Waals surface area contributed by atoms with Gasteiger partial charge in [-0.15, -0.1) is 0 Å². The van der Waals surface area contributed by atoms with Gasteiger partial charge in [0.2, 0.25) is 5.91 Å². The normalized spacial score (nSPS) is 14.6. The highest BCUT2D eigenvalue weighted by Gasteiger charge is 2.36. The molecule has 0 aromatic heterocycles. The minimum Gasteiger partial charge on any atom is -0.369 e. The summed E-state index contributed by atoms with van der Waals surface area (Å²) >= 11 is 0. The Morgan fingerprint density at radius 2 is 1.88 bits per heavy atom. The number of carbonyl (C=O) groups excluding carboxylic acids is 1. The topological polar surface area (TPSA) is 46.3 Å². The number of nitrogens with zero attached hydrogens (tertiary/aromatic N) is 1. The van der Waals surface area contributed by atoms with Crippen molar-refractivity contribution >= 4 is 5.91 Å². The van der Waals surface area contributed by atoms with Crippen molar-refractivity contribution < 1.29 is 4.79 Å². The predicted molar refractivity (Wildman–Crippen MR) is 70.8 cm³/mol. The lowest BCUT2D eigenvalue weighted by Crippen LogP contribution is -2.42. The zero-order valence-corrected chi connectivity index (χ0v) is 10.9. The summed E-state index contributed by atoms with van der Waals surface area (Å²) in [4.78, 5) is 13.9. The van der Waals surface area contributed by atoms with E-state index in [9.17, 15) is 4.79 Å². The zero-order valence-electron chi connectivity index (χ0n) is 10.9. The third kappa shape index (κ3) is 3.07. The summed E-state index contributed by atoms with van der Waals surface area (Å²) in [6.07, 6.45) is 1.50. The van der Waals surface area contributed by atoms with E-state index in [-0.39, 0.29) is 5.91 Å². The van der Waals surface area contributed by atoms with Gasteiger partial charge >= 0.3 is 0 Å². The first-order chi connectivity index (χ1) is 8.03. The first kappa shape index (κ1) is 13.7. The van der Waals surface area contributed by atoms with Gasteiger partial charge in [-0.05, 0) is 39.0 Å². The number of amides is 1. The first-order valence-corrected chi connectivity index (χ1v) is 6.03. The molecule has 3 heteroatoms. The second-order valence-electron chi connectivity index (χ2n) is 4.72. The molecular formula is C14H22N2O. The van der Waals surface area contributed by atoms with Crippen LogP contribution < -0.4 is 5.73 Å². The number of hydrogen-bond donors (Lipinski definition) is 1. The van der Waals surface area contributed by atoms with E-state index in [1.807, 2.05) is 51.4 Å². The van der Waals surface area contributed by atoms with Gasteiger partial charge in [0.1, 0.15) is 0 Å². The number of rotatable bonds is 6. The van der Waals surface area contributed by atoms with Crippen molar-refractivity contribution in [2.75, 3.05) is 20.6 Å². The van der Waals surface area contributed by atoms with Gasteiger partial charge in [0.15, 0.2) is 0 Å². The molecule has 2 N–H and O–H groups in total. The van der Waals surface area contributed by atoms with Gasteiger partial charge in [0.25, 0.3) is 0 Å². The highest BCUT2D eigenvalue weighted by Crippen LogP contribution is 2.31. The van der Waals surface area contributed by atoms with Crippen LogP contribution in [0.3, 0.4) is 0 Å². The quantitative estimate of drug-likeness (QED) is 0.815. The smallest absolute Gasteiger partial charge is 0.228 e. The maximum Gasteiger partial charge on any atom is 0.228 e. The first-order valence-electron chi connectivity index (χ1n) is 6.03. The fraction of sp³-hybridized carbons (Fsp3) is 0.500. The van der Waals surface area contributed by atoms with E-state index < -0.39 is 5.41 Å². The Morgan fingerprint density at radius 3 is 2.29 bits per heavy atom. The van der Waals surface area contributed by atoms with Gasteiger partial charge in [0.05, 0.1) is 5.41 Å². The molecule has 1 atom stereocenters. The summed E-state index contributed by atoms with van der Waals surface area (Å²) in [5.74, 6) is -0.229. The van der Waals surface area contributed by atoms with Crippen molar-refractivity contribution in [3.8, 4) is 0 Å². The van der Waals surface area contributed by atoms with Gasteiger partial charge in [-0.1, -0.05) is 37.3 Å². The monoisotopic (exact) mass is 234 g/mol. The van der Waals surface area contributed by atoms with Crippen LogP contribution in [-0.4, -0.2) is 31.4 Å². The summed E-state index contributed by atoms with van der Waals surface area (Å²) in [6.45, 7) is 2.87. The lowest BCUT2D eigenvalue weighted by molar-refractivity contribution is -0.124. The number of primary amides is 1. The van der Waals surface area contributed by atoms with Crippen LogP contribution >= 0.6 is 0 Å². The minimum absolute atomic E-state index is 0.229. The van der Waals surface area contributed by atoms with Gasteiger partial charge in [-0.25, -0.2) is 0 Å². The van der Waals surface area contributed by atoms with E-state index in [0.29, 0.717) is 0 Å². The van der Waals surface area contributed by atoms with Gasteiger partial charge < -0.3 is 10.6 Å². The predicted octanol–water partition coefficient (Wildman–Crippen LogP) is 1.77. The van der Waals surface area contributed by atoms with Crippen LogP contribution in [0.1, 0.15) is 25.3 Å². The molecule has 0 aliphatic heterocycles. The van der Waals surface area contributed by atoms with Crippen molar-refractivity contribution in [2.45, 2.75) is 25.2 Å². The second kappa shape index (κ2) is 5.82. The van der Waals surface area contributed by atoms with Gasteiger partial charge in [0, 0.05) is 0 Å². The molecule has 1 aromatic rings. The molecule has 0 spiro atoms. The number of nitrogens with two attached hydrogens (primary N) is 1. The summed E-state index contributed by atoms with van der Waals surface area (Å²) < 4.78 is 0. The third-order valence-corrected chi connectivity index (χ3v) is 3.39. The lowest BCUT2D eigenvalue weighted by atomic mass is 9.74. The molecule has 1 rings (SSSR count). The largest absolute Gasteiger partial charge is 0.369 e. The van der Waals surface area contributed by atoms with E-state index >= 15 is 0 Å². The highest BCUT2D eigenvalue weighted by molar-refractivity contribution is 5.86. The Hall–Kier alpha value is -1.35. The standard InChI is InChI=1S/C14H22N2O/c1-4-14(13(15)17,10-11-16(2)3)12-8-6-5-7-9-12/h5-9H,4,10-11H2,1-3H3,(H2,15,17)/t14-/m1/s1. The second-order valence-corrected chi connectivity index (χ2v) is 4.72. The third-order valence-electron chi connectivity index (χ3n) is 3.39. The molecule has 0 aliphatic carbocycles. The Balaban J connectivity index is 3.05. The Labute approximate surface area is 104 Å². The van der Waals surface area contributed by atoms with Crippen LogP contribution in [0.5, 0.6) is 0 Å². The molecule has 0 bridgehead atoms. The Morgan fingerprint density at radius 1 is 1.29 bits per heavy atom. The molecule has 17 heavy (non-hydrogen) atoms. The minimum atomic E-state index is -0.536. The van der Waals surface area contributed by atoms with Crippen LogP contribution in [0, 0.1) is 0 Å². The van der Waals surface area contributed by atoms with Crippen LogP contribution in [0.4, 0.5) is 0 Å². The van der Waals surface area contributed by atoms with Gasteiger partial charge in [-0.3, -0.25) is 4.79 Å². The highest BCUT2D eigenvalue weighted by atomic mass is 16.1.